The second kappa shape index (κ2) is 9.89. The van der Waals surface area contributed by atoms with Crippen molar-refractivity contribution in [1.29, 1.82) is 0 Å². The first kappa shape index (κ1) is 23.4. The average molecular weight is 443 g/mol. The van der Waals surface area contributed by atoms with Crippen LogP contribution in [0.3, 0.4) is 0 Å². The average Bonchev–Trinajstić information content (AvgIpc) is 2.76. The first-order valence-corrected chi connectivity index (χ1v) is 10.6. The van der Waals surface area contributed by atoms with Crippen LogP contribution in [0.25, 0.3) is 0 Å². The third-order valence-electron chi connectivity index (χ3n) is 4.97. The first-order valence-electron chi connectivity index (χ1n) is 10.6. The zero-order chi connectivity index (χ0) is 23.3. The molecule has 0 saturated carbocycles. The van der Waals surface area contributed by atoms with Gasteiger partial charge in [-0.3, -0.25) is 9.88 Å². The van der Waals surface area contributed by atoms with Gasteiger partial charge >= 0.3 is 12.1 Å². The Kier molecular flexibility index (Phi) is 7.22. The number of pyridine rings is 1. The van der Waals surface area contributed by atoms with E-state index in [1.54, 1.807) is 53.3 Å². The Bertz CT molecular complexity index is 955. The molecule has 3 rings (SSSR count). The molecule has 2 heterocycles. The molecule has 0 radical (unpaired) electrons. The molecular weight excluding hydrogens is 412 g/mol. The van der Waals surface area contributed by atoms with E-state index in [1.807, 2.05) is 18.2 Å². The van der Waals surface area contributed by atoms with Crippen LogP contribution in [0.2, 0.25) is 0 Å². The van der Waals surface area contributed by atoms with E-state index in [0.29, 0.717) is 18.1 Å². The Morgan fingerprint density at radius 1 is 1.16 bits per heavy atom. The molecule has 0 bridgehead atoms. The summed E-state index contributed by atoms with van der Waals surface area (Å²) in [5, 5.41) is 0. The number of nitrogens with zero attached hydrogens (tertiary/aromatic N) is 2. The molecule has 1 amide bonds. The first-order chi connectivity index (χ1) is 15.2. The van der Waals surface area contributed by atoms with E-state index in [4.69, 9.17) is 18.9 Å². The number of hydrogen-bond donors (Lipinski definition) is 0. The lowest BCUT2D eigenvalue weighted by molar-refractivity contribution is -0.150. The number of ether oxygens (including phenoxy) is 4. The van der Waals surface area contributed by atoms with Crippen LogP contribution in [0.5, 0.6) is 11.5 Å². The number of amides is 1. The number of methoxy groups -OCH3 is 1. The van der Waals surface area contributed by atoms with Gasteiger partial charge in [-0.2, -0.15) is 0 Å². The van der Waals surface area contributed by atoms with Crippen LogP contribution in [-0.2, 0) is 33.8 Å². The molecule has 0 N–H and O–H groups in total. The van der Waals surface area contributed by atoms with Gasteiger partial charge in [-0.15, -0.1) is 0 Å². The van der Waals surface area contributed by atoms with Gasteiger partial charge in [-0.05, 0) is 57.0 Å². The molecule has 1 aromatic carbocycles. The molecule has 32 heavy (non-hydrogen) atoms. The van der Waals surface area contributed by atoms with Crippen molar-refractivity contribution in [1.82, 2.24) is 9.88 Å². The highest BCUT2D eigenvalue weighted by Gasteiger charge is 2.39. The van der Waals surface area contributed by atoms with E-state index in [-0.39, 0.29) is 19.6 Å². The molecule has 2 aromatic rings. The van der Waals surface area contributed by atoms with Gasteiger partial charge in [0.05, 0.1) is 20.3 Å². The van der Waals surface area contributed by atoms with Gasteiger partial charge in [0.25, 0.3) is 0 Å². The standard InChI is InChI=1S/C24H30N2O6/c1-6-30-22(27)19-13-18-17(14-26(19)23(28)32-24(2,3)4)7-8-20(29-5)21(18)31-15-16-9-11-25-12-10-16/h7-12,19H,6,13-15H2,1-5H3/t19-/m0/s1. The third-order valence-corrected chi connectivity index (χ3v) is 4.97. The fourth-order valence-corrected chi connectivity index (χ4v) is 3.53. The molecule has 172 valence electrons. The van der Waals surface area contributed by atoms with Gasteiger partial charge in [0.15, 0.2) is 11.5 Å². The van der Waals surface area contributed by atoms with Crippen molar-refractivity contribution in [3.8, 4) is 11.5 Å². The summed E-state index contributed by atoms with van der Waals surface area (Å²) in [6.45, 7) is 7.83. The Morgan fingerprint density at radius 2 is 1.88 bits per heavy atom. The van der Waals surface area contributed by atoms with Gasteiger partial charge in [-0.25, -0.2) is 9.59 Å². The van der Waals surface area contributed by atoms with Crippen LogP contribution >= 0.6 is 0 Å². The van der Waals surface area contributed by atoms with Crippen molar-refractivity contribution in [2.75, 3.05) is 13.7 Å². The second-order valence-electron chi connectivity index (χ2n) is 8.46. The number of hydrogen-bond acceptors (Lipinski definition) is 7. The number of esters is 1. The zero-order valence-corrected chi connectivity index (χ0v) is 19.2. The number of fused-ring (bicyclic) bond motifs is 1. The monoisotopic (exact) mass is 442 g/mol. The molecule has 1 aliphatic heterocycles. The lowest BCUT2D eigenvalue weighted by atomic mass is 9.92. The van der Waals surface area contributed by atoms with Crippen molar-refractivity contribution < 1.29 is 28.5 Å². The van der Waals surface area contributed by atoms with E-state index < -0.39 is 23.7 Å². The summed E-state index contributed by atoms with van der Waals surface area (Å²) in [7, 11) is 1.57. The maximum atomic E-state index is 12.9. The molecular formula is C24H30N2O6. The summed E-state index contributed by atoms with van der Waals surface area (Å²) < 4.78 is 22.5. The summed E-state index contributed by atoms with van der Waals surface area (Å²) >= 11 is 0. The van der Waals surface area contributed by atoms with Crippen LogP contribution in [0.4, 0.5) is 4.79 Å². The SMILES string of the molecule is CCOC(=O)[C@@H]1Cc2c(ccc(OC)c2OCc2ccncc2)CN1C(=O)OC(C)(C)C. The zero-order valence-electron chi connectivity index (χ0n) is 19.2. The molecule has 1 aromatic heterocycles. The lowest BCUT2D eigenvalue weighted by Gasteiger charge is -2.37. The fraction of sp³-hybridized carbons (Fsp3) is 0.458. The van der Waals surface area contributed by atoms with E-state index >= 15 is 0 Å². The largest absolute Gasteiger partial charge is 0.493 e. The number of rotatable bonds is 6. The van der Waals surface area contributed by atoms with E-state index in [1.165, 1.54) is 4.90 Å². The topological polar surface area (TPSA) is 87.2 Å². The van der Waals surface area contributed by atoms with Gasteiger partial charge in [-0.1, -0.05) is 6.07 Å². The highest BCUT2D eigenvalue weighted by Crippen LogP contribution is 2.39. The van der Waals surface area contributed by atoms with E-state index in [9.17, 15) is 9.59 Å². The third kappa shape index (κ3) is 5.49. The Balaban J connectivity index is 1.95. The van der Waals surface area contributed by atoms with Crippen molar-refractivity contribution in [3.05, 3.63) is 53.3 Å². The minimum absolute atomic E-state index is 0.198. The second-order valence-corrected chi connectivity index (χ2v) is 8.46. The lowest BCUT2D eigenvalue weighted by Crippen LogP contribution is -2.50. The quantitative estimate of drug-likeness (QED) is 0.627. The van der Waals surface area contributed by atoms with Gasteiger partial charge < -0.3 is 18.9 Å². The predicted octanol–water partition coefficient (Wildman–Crippen LogP) is 3.89. The van der Waals surface area contributed by atoms with E-state index in [0.717, 1.165) is 16.7 Å². The van der Waals surface area contributed by atoms with Crippen molar-refractivity contribution in [2.45, 2.75) is 58.9 Å². The van der Waals surface area contributed by atoms with Crippen molar-refractivity contribution >= 4 is 12.1 Å². The Morgan fingerprint density at radius 3 is 2.50 bits per heavy atom. The van der Waals surface area contributed by atoms with Crippen LogP contribution in [-0.4, -0.2) is 47.3 Å². The van der Waals surface area contributed by atoms with Gasteiger partial charge in [0.2, 0.25) is 0 Å². The molecule has 0 spiro atoms. The summed E-state index contributed by atoms with van der Waals surface area (Å²) in [4.78, 5) is 31.1. The smallest absolute Gasteiger partial charge is 0.411 e. The van der Waals surface area contributed by atoms with Crippen LogP contribution in [0.15, 0.2) is 36.7 Å². The summed E-state index contributed by atoms with van der Waals surface area (Å²) in [6, 6.07) is 6.60. The molecule has 1 atom stereocenters. The Labute approximate surface area is 188 Å². The molecule has 1 aliphatic rings. The normalized spacial score (nSPS) is 15.5. The molecule has 8 heteroatoms. The number of benzene rings is 1. The molecule has 0 aliphatic carbocycles. The predicted molar refractivity (Wildman–Crippen MR) is 117 cm³/mol. The van der Waals surface area contributed by atoms with Gasteiger partial charge in [0, 0.05) is 24.4 Å². The van der Waals surface area contributed by atoms with Gasteiger partial charge in [0.1, 0.15) is 18.2 Å². The van der Waals surface area contributed by atoms with Crippen LogP contribution < -0.4 is 9.47 Å². The van der Waals surface area contributed by atoms with E-state index in [2.05, 4.69) is 4.98 Å². The van der Waals surface area contributed by atoms with Crippen LogP contribution in [0.1, 0.15) is 44.4 Å². The maximum absolute atomic E-state index is 12.9. The fourth-order valence-electron chi connectivity index (χ4n) is 3.53. The molecule has 0 fully saturated rings. The van der Waals surface area contributed by atoms with Crippen molar-refractivity contribution in [3.63, 3.8) is 0 Å². The number of carbonyl (C=O) groups excluding carboxylic acids is 2. The molecule has 8 nitrogen and oxygen atoms in total. The minimum Gasteiger partial charge on any atom is -0.493 e. The summed E-state index contributed by atoms with van der Waals surface area (Å²) in [6.07, 6.45) is 3.07. The number of aromatic nitrogens is 1. The minimum atomic E-state index is -0.826. The highest BCUT2D eigenvalue weighted by molar-refractivity contribution is 5.83. The van der Waals surface area contributed by atoms with Crippen molar-refractivity contribution in [2.24, 2.45) is 0 Å². The summed E-state index contributed by atoms with van der Waals surface area (Å²) in [5.74, 6) is 0.637. The highest BCUT2D eigenvalue weighted by atomic mass is 16.6. The maximum Gasteiger partial charge on any atom is 0.411 e. The van der Waals surface area contributed by atoms with Crippen LogP contribution in [0, 0.1) is 0 Å². The molecule has 0 saturated heterocycles. The molecule has 0 unspecified atom stereocenters. The Hall–Kier alpha value is -3.29. The number of carbonyl (C=O) groups is 2. The summed E-state index contributed by atoms with van der Waals surface area (Å²) in [5.41, 5.74) is 1.95.